The quantitative estimate of drug-likeness (QED) is 0.405. The first-order chi connectivity index (χ1) is 14.3. The van der Waals surface area contributed by atoms with Crippen molar-refractivity contribution in [2.24, 2.45) is 0 Å². The van der Waals surface area contributed by atoms with Gasteiger partial charge in [0.05, 0.1) is 6.61 Å². The zero-order valence-electron chi connectivity index (χ0n) is 19.0. The van der Waals surface area contributed by atoms with Crippen molar-refractivity contribution in [3.8, 4) is 11.1 Å². The Bertz CT molecular complexity index is 989. The number of aromatic nitrogens is 1. The van der Waals surface area contributed by atoms with E-state index in [9.17, 15) is 5.11 Å². The lowest BCUT2D eigenvalue weighted by Crippen LogP contribution is -2.12. The van der Waals surface area contributed by atoms with Crippen molar-refractivity contribution in [2.45, 2.75) is 70.6 Å². The summed E-state index contributed by atoms with van der Waals surface area (Å²) in [6, 6.07) is 17.3. The van der Waals surface area contributed by atoms with E-state index in [-0.39, 0.29) is 12.5 Å². The fourth-order valence-corrected chi connectivity index (χ4v) is 4.75. The number of rotatable bonds is 7. The Morgan fingerprint density at radius 2 is 1.27 bits per heavy atom. The molecule has 1 heterocycles. The molecular formula is C27H33NOS. The van der Waals surface area contributed by atoms with Crippen LogP contribution in [0.4, 0.5) is 0 Å². The molecule has 0 aliphatic carbocycles. The van der Waals surface area contributed by atoms with Gasteiger partial charge in [-0.2, -0.15) is 0 Å². The number of aryl methyl sites for hydroxylation is 2. The summed E-state index contributed by atoms with van der Waals surface area (Å²) in [5.41, 5.74) is 9.21. The van der Waals surface area contributed by atoms with E-state index in [1.54, 1.807) is 0 Å². The maximum absolute atomic E-state index is 10.4. The van der Waals surface area contributed by atoms with Crippen LogP contribution in [0.15, 0.2) is 53.4 Å². The first kappa shape index (κ1) is 22.6. The van der Waals surface area contributed by atoms with Gasteiger partial charge in [0, 0.05) is 27.6 Å². The van der Waals surface area contributed by atoms with E-state index in [1.807, 2.05) is 11.8 Å². The van der Waals surface area contributed by atoms with Crippen LogP contribution in [-0.4, -0.2) is 10.1 Å². The van der Waals surface area contributed by atoms with Crippen molar-refractivity contribution in [1.29, 1.82) is 0 Å². The van der Waals surface area contributed by atoms with Gasteiger partial charge in [-0.1, -0.05) is 75.2 Å². The first-order valence-corrected chi connectivity index (χ1v) is 11.7. The van der Waals surface area contributed by atoms with E-state index < -0.39 is 0 Å². The Morgan fingerprint density at radius 1 is 0.767 bits per heavy atom. The van der Waals surface area contributed by atoms with Gasteiger partial charge < -0.3 is 5.11 Å². The zero-order valence-corrected chi connectivity index (χ0v) is 19.8. The molecule has 0 fully saturated rings. The molecule has 0 atom stereocenters. The minimum Gasteiger partial charge on any atom is -0.392 e. The Kier molecular flexibility index (Phi) is 7.38. The molecule has 3 heteroatoms. The summed E-state index contributed by atoms with van der Waals surface area (Å²) < 4.78 is 0. The minimum absolute atomic E-state index is 0.00426. The van der Waals surface area contributed by atoms with Crippen LogP contribution in [0.2, 0.25) is 0 Å². The second-order valence-corrected chi connectivity index (χ2v) is 9.70. The molecule has 3 rings (SSSR count). The number of benzene rings is 2. The summed E-state index contributed by atoms with van der Waals surface area (Å²) in [6.07, 6.45) is 0. The minimum atomic E-state index is 0.00426. The summed E-state index contributed by atoms with van der Waals surface area (Å²) in [4.78, 5) is 6.35. The molecule has 30 heavy (non-hydrogen) atoms. The van der Waals surface area contributed by atoms with E-state index in [4.69, 9.17) is 4.98 Å². The van der Waals surface area contributed by atoms with Gasteiger partial charge in [-0.15, -0.1) is 11.8 Å². The van der Waals surface area contributed by atoms with Crippen molar-refractivity contribution in [1.82, 2.24) is 4.98 Å². The van der Waals surface area contributed by atoms with E-state index in [0.29, 0.717) is 5.92 Å². The van der Waals surface area contributed by atoms with Crippen molar-refractivity contribution < 1.29 is 5.11 Å². The molecule has 0 radical (unpaired) electrons. The SMILES string of the molecule is Cc1ccc(SCc2c(C(C)C)nc(C(C)C)c(CO)c2-c2ccc(C)cc2)cc1. The number of hydrogen-bond acceptors (Lipinski definition) is 3. The fraction of sp³-hybridized carbons (Fsp3) is 0.370. The number of aliphatic hydroxyl groups is 1. The number of nitrogens with zero attached hydrogens (tertiary/aromatic N) is 1. The van der Waals surface area contributed by atoms with E-state index in [1.165, 1.54) is 27.1 Å². The Hall–Kier alpha value is -2.10. The fourth-order valence-electron chi connectivity index (χ4n) is 3.82. The van der Waals surface area contributed by atoms with Crippen molar-refractivity contribution in [3.05, 3.63) is 82.2 Å². The number of hydrogen-bond donors (Lipinski definition) is 1. The van der Waals surface area contributed by atoms with E-state index in [2.05, 4.69) is 90.1 Å². The third-order valence-electron chi connectivity index (χ3n) is 5.46. The number of aliphatic hydroxyl groups excluding tert-OH is 1. The van der Waals surface area contributed by atoms with Crippen LogP contribution in [0.5, 0.6) is 0 Å². The molecule has 0 spiro atoms. The Balaban J connectivity index is 2.20. The summed E-state index contributed by atoms with van der Waals surface area (Å²) in [6.45, 7) is 13.0. The molecule has 0 aliphatic rings. The molecule has 0 bridgehead atoms. The maximum Gasteiger partial charge on any atom is 0.0705 e. The summed E-state index contributed by atoms with van der Waals surface area (Å²) in [7, 11) is 0. The van der Waals surface area contributed by atoms with E-state index >= 15 is 0 Å². The molecule has 2 nitrogen and oxygen atoms in total. The van der Waals surface area contributed by atoms with Crippen LogP contribution >= 0.6 is 11.8 Å². The highest BCUT2D eigenvalue weighted by Crippen LogP contribution is 2.39. The van der Waals surface area contributed by atoms with Gasteiger partial charge >= 0.3 is 0 Å². The number of thioether (sulfide) groups is 1. The average Bonchev–Trinajstić information content (AvgIpc) is 2.72. The maximum atomic E-state index is 10.4. The zero-order chi connectivity index (χ0) is 21.8. The molecule has 3 aromatic rings. The largest absolute Gasteiger partial charge is 0.392 e. The van der Waals surface area contributed by atoms with Gasteiger partial charge in [-0.05, 0) is 54.5 Å². The highest BCUT2D eigenvalue weighted by molar-refractivity contribution is 7.98. The molecule has 0 unspecified atom stereocenters. The monoisotopic (exact) mass is 419 g/mol. The van der Waals surface area contributed by atoms with Crippen LogP contribution in [-0.2, 0) is 12.4 Å². The molecule has 1 aromatic heterocycles. The molecule has 2 aromatic carbocycles. The van der Waals surface area contributed by atoms with Crippen molar-refractivity contribution in [2.75, 3.05) is 0 Å². The van der Waals surface area contributed by atoms with E-state index in [0.717, 1.165) is 28.3 Å². The second-order valence-electron chi connectivity index (χ2n) is 8.65. The Labute approximate surface area is 185 Å². The highest BCUT2D eigenvalue weighted by Gasteiger charge is 2.23. The van der Waals surface area contributed by atoms with Gasteiger partial charge in [0.15, 0.2) is 0 Å². The lowest BCUT2D eigenvalue weighted by Gasteiger charge is -2.24. The van der Waals surface area contributed by atoms with Gasteiger partial charge in [-0.3, -0.25) is 4.98 Å². The molecule has 0 amide bonds. The lowest BCUT2D eigenvalue weighted by atomic mass is 9.88. The smallest absolute Gasteiger partial charge is 0.0705 e. The van der Waals surface area contributed by atoms with Gasteiger partial charge in [0.25, 0.3) is 0 Å². The predicted molar refractivity (Wildman–Crippen MR) is 129 cm³/mol. The predicted octanol–water partition coefficient (Wildman–Crippen LogP) is 7.40. The normalized spacial score (nSPS) is 11.5. The van der Waals surface area contributed by atoms with Gasteiger partial charge in [0.1, 0.15) is 0 Å². The third-order valence-corrected chi connectivity index (χ3v) is 6.50. The highest BCUT2D eigenvalue weighted by atomic mass is 32.2. The first-order valence-electron chi connectivity index (χ1n) is 10.7. The number of pyridine rings is 1. The standard InChI is InChI=1S/C27H33NOS/c1-17(2)26-23(15-29)25(21-11-7-19(5)8-12-21)24(27(28-26)18(3)4)16-30-22-13-9-20(6)10-14-22/h7-14,17-18,29H,15-16H2,1-6H3. The molecule has 0 saturated carbocycles. The average molecular weight is 420 g/mol. The van der Waals surface area contributed by atoms with Crippen LogP contribution in [0, 0.1) is 13.8 Å². The van der Waals surface area contributed by atoms with Crippen molar-refractivity contribution >= 4 is 11.8 Å². The third kappa shape index (κ3) is 4.96. The summed E-state index contributed by atoms with van der Waals surface area (Å²) >= 11 is 1.84. The second kappa shape index (κ2) is 9.80. The Morgan fingerprint density at radius 3 is 1.77 bits per heavy atom. The molecule has 0 saturated heterocycles. The lowest BCUT2D eigenvalue weighted by molar-refractivity contribution is 0.279. The molecule has 1 N–H and O–H groups in total. The van der Waals surface area contributed by atoms with Crippen LogP contribution in [0.1, 0.15) is 73.2 Å². The van der Waals surface area contributed by atoms with Crippen LogP contribution in [0.3, 0.4) is 0 Å². The topological polar surface area (TPSA) is 33.1 Å². The van der Waals surface area contributed by atoms with Crippen molar-refractivity contribution in [3.63, 3.8) is 0 Å². The van der Waals surface area contributed by atoms with Gasteiger partial charge in [-0.25, -0.2) is 0 Å². The summed E-state index contributed by atoms with van der Waals surface area (Å²) in [5.74, 6) is 1.40. The van der Waals surface area contributed by atoms with Gasteiger partial charge in [0.2, 0.25) is 0 Å². The molecular weight excluding hydrogens is 386 g/mol. The summed E-state index contributed by atoms with van der Waals surface area (Å²) in [5, 5.41) is 10.4. The molecule has 158 valence electrons. The van der Waals surface area contributed by atoms with Crippen LogP contribution < -0.4 is 0 Å². The molecule has 0 aliphatic heterocycles. The van der Waals surface area contributed by atoms with Crippen LogP contribution in [0.25, 0.3) is 11.1 Å².